The minimum Gasteiger partial charge on any atom is -0.310 e. The molecule has 0 radical (unpaired) electrons. The summed E-state index contributed by atoms with van der Waals surface area (Å²) in [7, 11) is 0. The average molecular weight is 527 g/mol. The molecule has 4 heteroatoms. The van der Waals surface area contributed by atoms with Crippen LogP contribution in [0.1, 0.15) is 17.7 Å². The van der Waals surface area contributed by atoms with E-state index in [1.54, 1.807) is 0 Å². The smallest absolute Gasteiger partial charge is 0.220 e. The minimum atomic E-state index is 0.931. The topological polar surface area (TPSA) is 27.2 Å². The molecular formula is C37H26N4. The Morgan fingerprint density at radius 1 is 0.561 bits per heavy atom. The fourth-order valence-corrected chi connectivity index (χ4v) is 6.69. The maximum absolute atomic E-state index is 5.20. The van der Waals surface area contributed by atoms with Gasteiger partial charge in [-0.15, -0.1) is 0 Å². The molecule has 0 atom stereocenters. The zero-order chi connectivity index (χ0) is 26.9. The molecule has 0 bridgehead atoms. The van der Waals surface area contributed by atoms with Gasteiger partial charge in [0.15, 0.2) is 0 Å². The molecule has 1 aliphatic rings. The number of aromatic nitrogens is 4. The van der Waals surface area contributed by atoms with E-state index in [1.165, 1.54) is 39.0 Å². The highest BCUT2D eigenvalue weighted by atomic mass is 15.2. The highest BCUT2D eigenvalue weighted by Crippen LogP contribution is 2.37. The number of imidazole rings is 2. The van der Waals surface area contributed by atoms with Crippen molar-refractivity contribution in [2.45, 2.75) is 12.8 Å². The van der Waals surface area contributed by atoms with E-state index >= 15 is 0 Å². The van der Waals surface area contributed by atoms with Crippen LogP contribution in [0.15, 0.2) is 127 Å². The van der Waals surface area contributed by atoms with Crippen molar-refractivity contribution in [3.63, 3.8) is 0 Å². The van der Waals surface area contributed by atoms with Gasteiger partial charge in [-0.2, -0.15) is 0 Å². The second kappa shape index (κ2) is 8.57. The molecule has 3 aromatic heterocycles. The van der Waals surface area contributed by atoms with Gasteiger partial charge in [0, 0.05) is 22.5 Å². The van der Waals surface area contributed by atoms with Crippen LogP contribution in [-0.4, -0.2) is 18.5 Å². The summed E-state index contributed by atoms with van der Waals surface area (Å²) >= 11 is 0. The maximum Gasteiger partial charge on any atom is 0.220 e. The summed E-state index contributed by atoms with van der Waals surface area (Å²) in [6.45, 7) is 0. The molecule has 9 rings (SSSR count). The van der Waals surface area contributed by atoms with Gasteiger partial charge in [0.05, 0.1) is 27.6 Å². The van der Waals surface area contributed by atoms with Gasteiger partial charge in [-0.05, 0) is 96.3 Å². The summed E-state index contributed by atoms with van der Waals surface area (Å²) in [4.78, 5) is 5.20. The Labute approximate surface area is 237 Å². The van der Waals surface area contributed by atoms with Crippen molar-refractivity contribution in [1.82, 2.24) is 18.5 Å². The van der Waals surface area contributed by atoms with E-state index in [4.69, 9.17) is 4.98 Å². The average Bonchev–Trinajstić information content (AvgIpc) is 3.68. The molecule has 0 fully saturated rings. The number of rotatable bonds is 3. The fourth-order valence-electron chi connectivity index (χ4n) is 6.69. The fraction of sp³-hybridized carbons (Fsp3) is 0.0541. The molecule has 1 aliphatic carbocycles. The summed E-state index contributed by atoms with van der Waals surface area (Å²) in [6.07, 6.45) is 6.73. The van der Waals surface area contributed by atoms with Crippen molar-refractivity contribution < 1.29 is 0 Å². The van der Waals surface area contributed by atoms with E-state index in [9.17, 15) is 0 Å². The molecule has 0 amide bonds. The number of fused-ring (bicyclic) bond motifs is 8. The maximum atomic E-state index is 5.20. The van der Waals surface area contributed by atoms with Crippen molar-refractivity contribution in [2.75, 3.05) is 0 Å². The zero-order valence-electron chi connectivity index (χ0n) is 22.4. The first-order valence-corrected chi connectivity index (χ1v) is 14.2. The largest absolute Gasteiger partial charge is 0.310 e. The third-order valence-electron chi connectivity index (χ3n) is 8.51. The highest BCUT2D eigenvalue weighted by Gasteiger charge is 2.20. The van der Waals surface area contributed by atoms with Crippen molar-refractivity contribution in [3.8, 4) is 22.5 Å². The lowest BCUT2D eigenvalue weighted by Crippen LogP contribution is -1.99. The third kappa shape index (κ3) is 3.25. The second-order valence-corrected chi connectivity index (χ2v) is 10.8. The van der Waals surface area contributed by atoms with Crippen LogP contribution >= 0.6 is 0 Å². The first-order chi connectivity index (χ1) is 20.3. The monoisotopic (exact) mass is 526 g/mol. The van der Waals surface area contributed by atoms with Crippen molar-refractivity contribution >= 4 is 44.8 Å². The molecule has 0 aliphatic heterocycles. The van der Waals surface area contributed by atoms with Crippen LogP contribution in [0, 0.1) is 0 Å². The Kier molecular flexibility index (Phi) is 4.70. The minimum absolute atomic E-state index is 0.931. The standard InChI is InChI=1S/C37H26N4/c1-3-11-27(12-4-1)39-32-16-8-7-15-29(32)30-23-25(19-21-33(30)39)26-20-22-34-31(24-26)38-37-40(28-13-5-2-6-14-28)35-17-9-10-18-36(35)41(34)37/h1-6,8-14,16-24H,7,15H2. The normalized spacial score (nSPS) is 13.1. The Morgan fingerprint density at radius 3 is 2.00 bits per heavy atom. The predicted molar refractivity (Wildman–Crippen MR) is 169 cm³/mol. The lowest BCUT2D eigenvalue weighted by molar-refractivity contribution is 0.967. The van der Waals surface area contributed by atoms with Gasteiger partial charge in [0.1, 0.15) is 0 Å². The van der Waals surface area contributed by atoms with Crippen LogP contribution in [0.4, 0.5) is 0 Å². The molecule has 194 valence electrons. The van der Waals surface area contributed by atoms with Crippen molar-refractivity contribution in [3.05, 3.63) is 139 Å². The lowest BCUT2D eigenvalue weighted by atomic mass is 9.98. The van der Waals surface area contributed by atoms with Gasteiger partial charge < -0.3 is 4.57 Å². The van der Waals surface area contributed by atoms with Crippen molar-refractivity contribution in [1.29, 1.82) is 0 Å². The molecular weight excluding hydrogens is 500 g/mol. The van der Waals surface area contributed by atoms with Crippen LogP contribution in [0.3, 0.4) is 0 Å². The van der Waals surface area contributed by atoms with E-state index in [2.05, 4.69) is 147 Å². The molecule has 0 saturated carbocycles. The molecule has 5 aromatic carbocycles. The van der Waals surface area contributed by atoms with Gasteiger partial charge >= 0.3 is 0 Å². The number of para-hydroxylation sites is 4. The highest BCUT2D eigenvalue weighted by molar-refractivity contribution is 5.96. The number of allylic oxidation sites excluding steroid dienone is 1. The zero-order valence-corrected chi connectivity index (χ0v) is 22.4. The molecule has 0 unspecified atom stereocenters. The van der Waals surface area contributed by atoms with Gasteiger partial charge in [0.25, 0.3) is 0 Å². The van der Waals surface area contributed by atoms with Gasteiger partial charge in [0.2, 0.25) is 5.78 Å². The van der Waals surface area contributed by atoms with E-state index in [0.29, 0.717) is 0 Å². The van der Waals surface area contributed by atoms with E-state index in [1.807, 2.05) is 0 Å². The first kappa shape index (κ1) is 22.5. The van der Waals surface area contributed by atoms with Crippen LogP contribution in [0.25, 0.3) is 67.3 Å². The van der Waals surface area contributed by atoms with E-state index in [0.717, 1.165) is 46.4 Å². The van der Waals surface area contributed by atoms with Crippen LogP contribution in [-0.2, 0) is 6.42 Å². The Morgan fingerprint density at radius 2 is 1.22 bits per heavy atom. The van der Waals surface area contributed by atoms with Crippen LogP contribution in [0.5, 0.6) is 0 Å². The number of benzene rings is 5. The predicted octanol–water partition coefficient (Wildman–Crippen LogP) is 9.00. The summed E-state index contributed by atoms with van der Waals surface area (Å²) < 4.78 is 6.95. The molecule has 4 nitrogen and oxygen atoms in total. The van der Waals surface area contributed by atoms with Crippen LogP contribution in [0.2, 0.25) is 0 Å². The molecule has 8 aromatic rings. The molecule has 3 heterocycles. The Bertz CT molecular complexity index is 2300. The van der Waals surface area contributed by atoms with Crippen molar-refractivity contribution in [2.24, 2.45) is 0 Å². The lowest BCUT2D eigenvalue weighted by Gasteiger charge is -2.11. The third-order valence-corrected chi connectivity index (χ3v) is 8.51. The van der Waals surface area contributed by atoms with E-state index in [-0.39, 0.29) is 0 Å². The number of hydrogen-bond acceptors (Lipinski definition) is 1. The van der Waals surface area contributed by atoms with Gasteiger partial charge in [-0.3, -0.25) is 8.97 Å². The molecule has 0 spiro atoms. The molecule has 0 N–H and O–H groups in total. The number of hydrogen-bond donors (Lipinski definition) is 0. The second-order valence-electron chi connectivity index (χ2n) is 10.8. The summed E-state index contributed by atoms with van der Waals surface area (Å²) in [5.74, 6) is 0.931. The van der Waals surface area contributed by atoms with Crippen LogP contribution < -0.4 is 0 Å². The number of aryl methyl sites for hydroxylation is 1. The molecule has 0 saturated heterocycles. The summed E-state index contributed by atoms with van der Waals surface area (Å²) in [5.41, 5.74) is 13.1. The Hall–Kier alpha value is -5.35. The molecule has 41 heavy (non-hydrogen) atoms. The summed E-state index contributed by atoms with van der Waals surface area (Å²) in [5, 5.41) is 1.34. The quantitative estimate of drug-likeness (QED) is 0.226. The number of nitrogens with zero attached hydrogens (tertiary/aromatic N) is 4. The SMILES string of the molecule is C1=Cc2c(c3cc(-c4ccc5c(c4)nc4n(-c6ccccc6)c6ccccc6n54)ccc3n2-c2ccccc2)CC1. The Balaban J connectivity index is 1.25. The first-order valence-electron chi connectivity index (χ1n) is 14.2. The van der Waals surface area contributed by atoms with Gasteiger partial charge in [-0.1, -0.05) is 66.7 Å². The van der Waals surface area contributed by atoms with Gasteiger partial charge in [-0.25, -0.2) is 4.98 Å². The summed E-state index contributed by atoms with van der Waals surface area (Å²) in [6, 6.07) is 43.4. The van der Waals surface area contributed by atoms with E-state index < -0.39 is 0 Å².